The van der Waals surface area contributed by atoms with Crippen LogP contribution in [-0.4, -0.2) is 24.3 Å². The lowest BCUT2D eigenvalue weighted by atomic mass is 9.90. The van der Waals surface area contributed by atoms with E-state index in [2.05, 4.69) is 5.32 Å². The highest BCUT2D eigenvalue weighted by Gasteiger charge is 2.21. The maximum absolute atomic E-state index is 9.96. The molecule has 0 aliphatic carbocycles. The van der Waals surface area contributed by atoms with Crippen LogP contribution in [0, 0.1) is 5.92 Å². The molecule has 1 saturated heterocycles. The molecule has 3 heteroatoms. The molecule has 0 radical (unpaired) electrons. The molecular formula is C11H17NO2. The minimum atomic E-state index is -0.236. The predicted molar refractivity (Wildman–Crippen MR) is 54.0 cm³/mol. The Hall–Kier alpha value is -0.800. The van der Waals surface area contributed by atoms with Crippen molar-refractivity contribution in [1.29, 1.82) is 0 Å². The van der Waals surface area contributed by atoms with Gasteiger partial charge in [0.05, 0.1) is 18.6 Å². The monoisotopic (exact) mass is 195 g/mol. The molecule has 2 N–H and O–H groups in total. The van der Waals surface area contributed by atoms with Gasteiger partial charge >= 0.3 is 0 Å². The van der Waals surface area contributed by atoms with Crippen LogP contribution in [0.25, 0.3) is 0 Å². The molecule has 0 saturated carbocycles. The molecule has 1 fully saturated rings. The molecule has 1 aliphatic heterocycles. The zero-order valence-electron chi connectivity index (χ0n) is 8.28. The molecule has 3 nitrogen and oxygen atoms in total. The van der Waals surface area contributed by atoms with Crippen LogP contribution in [0.4, 0.5) is 0 Å². The van der Waals surface area contributed by atoms with Gasteiger partial charge in [0.25, 0.3) is 0 Å². The SMILES string of the molecule is OC(Cc1ccoc1)C1CCCNC1. The highest BCUT2D eigenvalue weighted by molar-refractivity contribution is 5.07. The number of piperidine rings is 1. The van der Waals surface area contributed by atoms with Gasteiger partial charge in [-0.3, -0.25) is 0 Å². The molecule has 2 atom stereocenters. The number of rotatable bonds is 3. The quantitative estimate of drug-likeness (QED) is 0.761. The van der Waals surface area contributed by atoms with Gasteiger partial charge in [0.15, 0.2) is 0 Å². The second-order valence-corrected chi connectivity index (χ2v) is 4.01. The zero-order chi connectivity index (χ0) is 9.80. The Morgan fingerprint density at radius 1 is 1.64 bits per heavy atom. The Bertz CT molecular complexity index is 252. The summed E-state index contributed by atoms with van der Waals surface area (Å²) in [4.78, 5) is 0. The molecule has 0 bridgehead atoms. The minimum Gasteiger partial charge on any atom is -0.472 e. The molecule has 0 amide bonds. The van der Waals surface area contributed by atoms with E-state index >= 15 is 0 Å². The number of furan rings is 1. The fourth-order valence-electron chi connectivity index (χ4n) is 2.02. The molecule has 14 heavy (non-hydrogen) atoms. The zero-order valence-corrected chi connectivity index (χ0v) is 8.28. The molecule has 0 aromatic carbocycles. The molecule has 1 aromatic rings. The van der Waals surface area contributed by atoms with Crippen molar-refractivity contribution in [1.82, 2.24) is 5.32 Å². The minimum absolute atomic E-state index is 0.236. The van der Waals surface area contributed by atoms with Crippen LogP contribution in [-0.2, 0) is 6.42 Å². The van der Waals surface area contributed by atoms with Crippen molar-refractivity contribution >= 4 is 0 Å². The summed E-state index contributed by atoms with van der Waals surface area (Å²) in [7, 11) is 0. The van der Waals surface area contributed by atoms with E-state index in [1.165, 1.54) is 6.42 Å². The third-order valence-corrected chi connectivity index (χ3v) is 2.90. The van der Waals surface area contributed by atoms with E-state index in [4.69, 9.17) is 4.42 Å². The van der Waals surface area contributed by atoms with Gasteiger partial charge in [-0.25, -0.2) is 0 Å². The van der Waals surface area contributed by atoms with Crippen molar-refractivity contribution in [2.24, 2.45) is 5.92 Å². The molecule has 1 aliphatic rings. The van der Waals surface area contributed by atoms with Crippen molar-refractivity contribution in [3.63, 3.8) is 0 Å². The first kappa shape index (κ1) is 9.74. The molecule has 1 aromatic heterocycles. The van der Waals surface area contributed by atoms with Crippen molar-refractivity contribution in [2.45, 2.75) is 25.4 Å². The van der Waals surface area contributed by atoms with Crippen molar-refractivity contribution in [2.75, 3.05) is 13.1 Å². The second kappa shape index (κ2) is 4.62. The largest absolute Gasteiger partial charge is 0.472 e. The van der Waals surface area contributed by atoms with Crippen LogP contribution in [0.2, 0.25) is 0 Å². The Balaban J connectivity index is 1.85. The number of hydrogen-bond donors (Lipinski definition) is 2. The Labute approximate surface area is 84.1 Å². The highest BCUT2D eigenvalue weighted by atomic mass is 16.3. The summed E-state index contributed by atoms with van der Waals surface area (Å²) in [5.74, 6) is 0.402. The summed E-state index contributed by atoms with van der Waals surface area (Å²) in [6.07, 6.45) is 6.14. The summed E-state index contributed by atoms with van der Waals surface area (Å²) in [6, 6.07) is 1.92. The number of aliphatic hydroxyl groups is 1. The second-order valence-electron chi connectivity index (χ2n) is 4.01. The molecule has 0 spiro atoms. The third-order valence-electron chi connectivity index (χ3n) is 2.90. The molecule has 2 heterocycles. The van der Waals surface area contributed by atoms with Gasteiger partial charge in [0.2, 0.25) is 0 Å². The van der Waals surface area contributed by atoms with E-state index in [0.717, 1.165) is 25.1 Å². The average Bonchev–Trinajstić information content (AvgIpc) is 2.72. The smallest absolute Gasteiger partial charge is 0.0935 e. The van der Waals surface area contributed by atoms with E-state index in [9.17, 15) is 5.11 Å². The maximum atomic E-state index is 9.96. The van der Waals surface area contributed by atoms with Crippen LogP contribution in [0.5, 0.6) is 0 Å². The lowest BCUT2D eigenvalue weighted by molar-refractivity contribution is 0.0921. The first-order valence-electron chi connectivity index (χ1n) is 5.26. The van der Waals surface area contributed by atoms with Gasteiger partial charge in [0.1, 0.15) is 0 Å². The Morgan fingerprint density at radius 3 is 3.21 bits per heavy atom. The van der Waals surface area contributed by atoms with E-state index in [1.807, 2.05) is 6.07 Å². The van der Waals surface area contributed by atoms with Gasteiger partial charge in [0, 0.05) is 13.0 Å². The lowest BCUT2D eigenvalue weighted by Gasteiger charge is -2.27. The summed E-state index contributed by atoms with van der Waals surface area (Å²) in [5, 5.41) is 13.3. The normalized spacial score (nSPS) is 24.8. The van der Waals surface area contributed by atoms with Gasteiger partial charge in [-0.15, -0.1) is 0 Å². The number of hydrogen-bond acceptors (Lipinski definition) is 3. The fourth-order valence-corrected chi connectivity index (χ4v) is 2.02. The van der Waals surface area contributed by atoms with Crippen molar-refractivity contribution in [3.05, 3.63) is 24.2 Å². The first-order valence-corrected chi connectivity index (χ1v) is 5.26. The Kier molecular flexibility index (Phi) is 3.22. The lowest BCUT2D eigenvalue weighted by Crippen LogP contribution is -2.37. The fraction of sp³-hybridized carbons (Fsp3) is 0.636. The molecule has 2 rings (SSSR count). The van der Waals surface area contributed by atoms with Crippen LogP contribution >= 0.6 is 0 Å². The summed E-state index contributed by atoms with van der Waals surface area (Å²) in [5.41, 5.74) is 1.09. The Morgan fingerprint density at radius 2 is 2.57 bits per heavy atom. The van der Waals surface area contributed by atoms with E-state index < -0.39 is 0 Å². The first-order chi connectivity index (χ1) is 6.86. The summed E-state index contributed by atoms with van der Waals surface area (Å²) < 4.78 is 4.98. The topological polar surface area (TPSA) is 45.4 Å². The standard InChI is InChI=1S/C11H17NO2/c13-11(6-9-3-5-14-8-9)10-2-1-4-12-7-10/h3,5,8,10-13H,1-2,4,6-7H2. The van der Waals surface area contributed by atoms with Crippen LogP contribution in [0.3, 0.4) is 0 Å². The highest BCUT2D eigenvalue weighted by Crippen LogP contribution is 2.17. The van der Waals surface area contributed by atoms with Gasteiger partial charge in [-0.1, -0.05) is 0 Å². The van der Waals surface area contributed by atoms with Gasteiger partial charge in [-0.2, -0.15) is 0 Å². The molecule has 2 unspecified atom stereocenters. The third kappa shape index (κ3) is 2.36. The van der Waals surface area contributed by atoms with Crippen LogP contribution in [0.1, 0.15) is 18.4 Å². The summed E-state index contributed by atoms with van der Waals surface area (Å²) in [6.45, 7) is 2.04. The predicted octanol–water partition coefficient (Wildman–Crippen LogP) is 1.18. The molecular weight excluding hydrogens is 178 g/mol. The van der Waals surface area contributed by atoms with E-state index in [1.54, 1.807) is 12.5 Å². The summed E-state index contributed by atoms with van der Waals surface area (Å²) >= 11 is 0. The average molecular weight is 195 g/mol. The number of nitrogens with one attached hydrogen (secondary N) is 1. The molecule has 78 valence electrons. The van der Waals surface area contributed by atoms with Crippen LogP contribution < -0.4 is 5.32 Å². The van der Waals surface area contributed by atoms with Gasteiger partial charge < -0.3 is 14.8 Å². The van der Waals surface area contributed by atoms with Gasteiger partial charge in [-0.05, 0) is 36.9 Å². The van der Waals surface area contributed by atoms with Crippen molar-refractivity contribution < 1.29 is 9.52 Å². The number of aliphatic hydroxyl groups excluding tert-OH is 1. The van der Waals surface area contributed by atoms with E-state index in [0.29, 0.717) is 12.3 Å². The maximum Gasteiger partial charge on any atom is 0.0935 e. The van der Waals surface area contributed by atoms with E-state index in [-0.39, 0.29) is 6.10 Å². The van der Waals surface area contributed by atoms with Crippen LogP contribution in [0.15, 0.2) is 23.0 Å². The van der Waals surface area contributed by atoms with Crippen molar-refractivity contribution in [3.8, 4) is 0 Å².